The van der Waals surface area contributed by atoms with Crippen molar-refractivity contribution in [3.63, 3.8) is 0 Å². The number of nitriles is 1. The first kappa shape index (κ1) is 15.0. The van der Waals surface area contributed by atoms with Crippen LogP contribution >= 0.6 is 11.8 Å². The zero-order chi connectivity index (χ0) is 15.5. The summed E-state index contributed by atoms with van der Waals surface area (Å²) in [6.07, 6.45) is 1.83. The molecule has 3 rings (SSSR count). The van der Waals surface area contributed by atoms with E-state index in [-0.39, 0.29) is 17.9 Å². The summed E-state index contributed by atoms with van der Waals surface area (Å²) in [5, 5.41) is 14.2. The first-order chi connectivity index (χ1) is 10.7. The van der Waals surface area contributed by atoms with Crippen molar-refractivity contribution in [3.05, 3.63) is 24.3 Å². The molecule has 2 fully saturated rings. The van der Waals surface area contributed by atoms with E-state index in [0.717, 1.165) is 37.4 Å². The maximum atomic E-state index is 12.1. The lowest BCUT2D eigenvalue weighted by Crippen LogP contribution is -2.57. The number of rotatable bonds is 5. The summed E-state index contributed by atoms with van der Waals surface area (Å²) in [7, 11) is 1.65. The Morgan fingerprint density at radius 3 is 2.64 bits per heavy atom. The Morgan fingerprint density at radius 1 is 1.36 bits per heavy atom. The number of thiocyanates is 1. The third-order valence-electron chi connectivity index (χ3n) is 4.35. The Hall–Kier alpha value is -1.87. The molecule has 5 nitrogen and oxygen atoms in total. The van der Waals surface area contributed by atoms with Crippen LogP contribution in [0.3, 0.4) is 0 Å². The zero-order valence-electron chi connectivity index (χ0n) is 12.5. The van der Waals surface area contributed by atoms with Crippen molar-refractivity contribution < 1.29 is 9.53 Å². The SMILES string of the molecule is COc1ccc(N2CC(C(=O)NC3CC(SC#N)C3)C2)cc1. The molecule has 0 bridgehead atoms. The molecule has 2 aliphatic rings. The summed E-state index contributed by atoms with van der Waals surface area (Å²) in [6.45, 7) is 1.53. The number of methoxy groups -OCH3 is 1. The average molecular weight is 317 g/mol. The Balaban J connectivity index is 1.41. The predicted molar refractivity (Wildman–Crippen MR) is 86.9 cm³/mol. The van der Waals surface area contributed by atoms with E-state index in [1.807, 2.05) is 24.3 Å². The fraction of sp³-hybridized carbons (Fsp3) is 0.500. The first-order valence-corrected chi connectivity index (χ1v) is 8.31. The van der Waals surface area contributed by atoms with Crippen LogP contribution in [0.2, 0.25) is 0 Å². The highest BCUT2D eigenvalue weighted by Crippen LogP contribution is 2.32. The normalized spacial score (nSPS) is 23.9. The van der Waals surface area contributed by atoms with Crippen LogP contribution in [0.25, 0.3) is 0 Å². The molecule has 1 aromatic rings. The predicted octanol–water partition coefficient (Wildman–Crippen LogP) is 1.99. The third kappa shape index (κ3) is 3.14. The highest BCUT2D eigenvalue weighted by atomic mass is 32.2. The molecule has 6 heteroatoms. The van der Waals surface area contributed by atoms with Crippen LogP contribution in [0, 0.1) is 16.6 Å². The van der Waals surface area contributed by atoms with Crippen LogP contribution in [0.5, 0.6) is 5.75 Å². The lowest BCUT2D eigenvalue weighted by Gasteiger charge is -2.42. The highest BCUT2D eigenvalue weighted by Gasteiger charge is 2.36. The van der Waals surface area contributed by atoms with E-state index in [2.05, 4.69) is 15.6 Å². The quantitative estimate of drug-likeness (QED) is 0.841. The highest BCUT2D eigenvalue weighted by molar-refractivity contribution is 8.04. The van der Waals surface area contributed by atoms with Gasteiger partial charge in [-0.25, -0.2) is 0 Å². The molecule has 1 aromatic carbocycles. The lowest BCUT2D eigenvalue weighted by molar-refractivity contribution is -0.126. The van der Waals surface area contributed by atoms with Gasteiger partial charge >= 0.3 is 0 Å². The smallest absolute Gasteiger partial charge is 0.226 e. The van der Waals surface area contributed by atoms with Crippen LogP contribution in [0.1, 0.15) is 12.8 Å². The molecular formula is C16H19N3O2S. The van der Waals surface area contributed by atoms with Gasteiger partial charge in [-0.05, 0) is 48.9 Å². The van der Waals surface area contributed by atoms with E-state index in [9.17, 15) is 4.79 Å². The maximum Gasteiger partial charge on any atom is 0.226 e. The summed E-state index contributed by atoms with van der Waals surface area (Å²) < 4.78 is 5.14. The van der Waals surface area contributed by atoms with Crippen molar-refractivity contribution in [2.24, 2.45) is 5.92 Å². The minimum absolute atomic E-state index is 0.0739. The number of carbonyl (C=O) groups is 1. The molecule has 1 saturated carbocycles. The molecular weight excluding hydrogens is 298 g/mol. The monoisotopic (exact) mass is 317 g/mol. The van der Waals surface area contributed by atoms with Crippen LogP contribution < -0.4 is 15.0 Å². The standard InChI is InChI=1S/C16H19N3O2S/c1-21-14-4-2-13(3-5-14)19-8-11(9-19)16(20)18-12-6-15(7-12)22-10-17/h2-5,11-12,15H,6-9H2,1H3,(H,18,20). The van der Waals surface area contributed by atoms with Crippen LogP contribution in [-0.2, 0) is 4.79 Å². The number of nitrogens with one attached hydrogen (secondary N) is 1. The molecule has 0 aromatic heterocycles. The Morgan fingerprint density at radius 2 is 2.05 bits per heavy atom. The summed E-state index contributed by atoms with van der Waals surface area (Å²) in [4.78, 5) is 14.3. The minimum Gasteiger partial charge on any atom is -0.497 e. The van der Waals surface area contributed by atoms with Crippen LogP contribution in [0.15, 0.2) is 24.3 Å². The Kier molecular flexibility index (Phi) is 4.44. The van der Waals surface area contributed by atoms with Gasteiger partial charge in [-0.2, -0.15) is 5.26 Å². The van der Waals surface area contributed by atoms with Gasteiger partial charge in [0.1, 0.15) is 11.2 Å². The van der Waals surface area contributed by atoms with Gasteiger partial charge in [0.2, 0.25) is 5.91 Å². The van der Waals surface area contributed by atoms with Gasteiger partial charge in [0.05, 0.1) is 13.0 Å². The Labute approximate surface area is 134 Å². The number of hydrogen-bond acceptors (Lipinski definition) is 5. The van der Waals surface area contributed by atoms with E-state index in [0.29, 0.717) is 5.25 Å². The van der Waals surface area contributed by atoms with Gasteiger partial charge in [-0.15, -0.1) is 0 Å². The molecule has 1 amide bonds. The fourth-order valence-corrected chi connectivity index (χ4v) is 3.63. The van der Waals surface area contributed by atoms with Crippen molar-refractivity contribution in [1.29, 1.82) is 5.26 Å². The molecule has 1 heterocycles. The van der Waals surface area contributed by atoms with Gasteiger partial charge in [-0.1, -0.05) is 0 Å². The summed E-state index contributed by atoms with van der Waals surface area (Å²) in [5.74, 6) is 1.06. The number of carbonyl (C=O) groups excluding carboxylic acids is 1. The number of benzene rings is 1. The third-order valence-corrected chi connectivity index (χ3v) is 5.17. The van der Waals surface area contributed by atoms with E-state index >= 15 is 0 Å². The maximum absolute atomic E-state index is 12.1. The molecule has 116 valence electrons. The van der Waals surface area contributed by atoms with Crippen molar-refractivity contribution >= 4 is 23.4 Å². The topological polar surface area (TPSA) is 65.4 Å². The molecule has 0 spiro atoms. The molecule has 22 heavy (non-hydrogen) atoms. The molecule has 0 radical (unpaired) electrons. The second kappa shape index (κ2) is 6.49. The minimum atomic E-state index is 0.0739. The zero-order valence-corrected chi connectivity index (χ0v) is 13.3. The van der Waals surface area contributed by atoms with Crippen molar-refractivity contribution in [2.45, 2.75) is 24.1 Å². The van der Waals surface area contributed by atoms with Crippen molar-refractivity contribution in [2.75, 3.05) is 25.1 Å². The first-order valence-electron chi connectivity index (χ1n) is 7.43. The summed E-state index contributed by atoms with van der Waals surface area (Å²) in [6, 6.07) is 8.16. The lowest BCUT2D eigenvalue weighted by atomic mass is 9.90. The summed E-state index contributed by atoms with van der Waals surface area (Å²) >= 11 is 1.31. The van der Waals surface area contributed by atoms with E-state index in [1.165, 1.54) is 11.8 Å². The summed E-state index contributed by atoms with van der Waals surface area (Å²) in [5.41, 5.74) is 1.12. The van der Waals surface area contributed by atoms with Crippen LogP contribution in [-0.4, -0.2) is 37.4 Å². The molecule has 0 atom stereocenters. The number of ether oxygens (including phenoxy) is 1. The van der Waals surface area contributed by atoms with Gasteiger partial charge in [0, 0.05) is 30.1 Å². The van der Waals surface area contributed by atoms with Gasteiger partial charge in [0.15, 0.2) is 0 Å². The number of thioether (sulfide) groups is 1. The Bertz CT molecular complexity index is 572. The van der Waals surface area contributed by atoms with Gasteiger partial charge in [0.25, 0.3) is 0 Å². The van der Waals surface area contributed by atoms with Crippen molar-refractivity contribution in [1.82, 2.24) is 5.32 Å². The second-order valence-corrected chi connectivity index (χ2v) is 6.89. The molecule has 1 aliphatic carbocycles. The van der Waals surface area contributed by atoms with Crippen LogP contribution in [0.4, 0.5) is 5.69 Å². The van der Waals surface area contributed by atoms with Gasteiger partial charge < -0.3 is 15.0 Å². The molecule has 1 aliphatic heterocycles. The second-order valence-electron chi connectivity index (χ2n) is 5.81. The van der Waals surface area contributed by atoms with Crippen molar-refractivity contribution in [3.8, 4) is 11.2 Å². The van der Waals surface area contributed by atoms with E-state index < -0.39 is 0 Å². The number of nitrogens with zero attached hydrogens (tertiary/aromatic N) is 2. The largest absolute Gasteiger partial charge is 0.497 e. The fourth-order valence-electron chi connectivity index (χ4n) is 2.82. The van der Waals surface area contributed by atoms with E-state index in [4.69, 9.17) is 10.00 Å². The van der Waals surface area contributed by atoms with E-state index in [1.54, 1.807) is 7.11 Å². The number of hydrogen-bond donors (Lipinski definition) is 1. The number of anilines is 1. The molecule has 0 unspecified atom stereocenters. The molecule has 1 N–H and O–H groups in total. The van der Waals surface area contributed by atoms with Gasteiger partial charge in [-0.3, -0.25) is 4.79 Å². The average Bonchev–Trinajstić information content (AvgIpc) is 2.44. The number of amides is 1. The molecule has 1 saturated heterocycles.